The molecule has 2 amide bonds. The fourth-order valence-electron chi connectivity index (χ4n) is 5.93. The van der Waals surface area contributed by atoms with E-state index in [4.69, 9.17) is 28.9 Å². The summed E-state index contributed by atoms with van der Waals surface area (Å²) < 4.78 is 141. The number of urea groups is 1. The molecule has 4 aromatic carbocycles. The van der Waals surface area contributed by atoms with Crippen LogP contribution in [0.2, 0.25) is 0 Å². The van der Waals surface area contributed by atoms with Crippen molar-refractivity contribution in [2.75, 3.05) is 23.7 Å². The lowest BCUT2D eigenvalue weighted by atomic mass is 10.1. The first kappa shape index (κ1) is 54.2. The highest BCUT2D eigenvalue weighted by Crippen LogP contribution is 2.32. The summed E-state index contributed by atoms with van der Waals surface area (Å²) in [5, 5.41) is 19.2. The van der Waals surface area contributed by atoms with E-state index in [2.05, 4.69) is 45.5 Å². The van der Waals surface area contributed by atoms with Crippen LogP contribution in [0.5, 0.6) is 11.5 Å². The van der Waals surface area contributed by atoms with Crippen molar-refractivity contribution < 1.29 is 63.0 Å². The lowest BCUT2D eigenvalue weighted by Crippen LogP contribution is -2.38. The molecule has 0 aliphatic rings. The van der Waals surface area contributed by atoms with Gasteiger partial charge in [-0.15, -0.1) is 69.9 Å². The Bertz CT molecular complexity index is 3010. The third-order valence-corrected chi connectivity index (χ3v) is 8.99. The van der Waals surface area contributed by atoms with Crippen molar-refractivity contribution in [2.45, 2.75) is 24.6 Å². The number of nitrogens with one attached hydrogen (secondary N) is 2. The second-order valence-electron chi connectivity index (χ2n) is 13.9. The van der Waals surface area contributed by atoms with Gasteiger partial charge in [-0.1, -0.05) is 60.7 Å². The van der Waals surface area contributed by atoms with E-state index < -0.39 is 61.1 Å². The number of hydrogen-bond donors (Lipinski definition) is 3. The number of nitrogens with two attached hydrogens (primary N) is 1. The number of alkyl halides is 12. The van der Waals surface area contributed by atoms with Crippen LogP contribution in [0.15, 0.2) is 151 Å². The molecular weight excluding hydrogens is 1010 g/mol. The smallest absolute Gasteiger partial charge is 0.406 e. The summed E-state index contributed by atoms with van der Waals surface area (Å²) in [4.78, 5) is 25.1. The normalized spacial score (nSPS) is 11.4. The third-order valence-electron chi connectivity index (χ3n) is 8.99. The fraction of sp³-hybridized carbons (Fsp3) is 0.156. The molecule has 4 aromatic heterocycles. The van der Waals surface area contributed by atoms with Crippen molar-refractivity contribution >= 4 is 58.0 Å². The first-order chi connectivity index (χ1) is 33.6. The average Bonchev–Trinajstić information content (AvgIpc) is 3.97. The molecule has 0 atom stereocenters. The third kappa shape index (κ3) is 16.1. The van der Waals surface area contributed by atoms with Crippen molar-refractivity contribution in [3.05, 3.63) is 158 Å². The topological polar surface area (TPSA) is 175 Å². The lowest BCUT2D eigenvalue weighted by molar-refractivity contribution is -0.275. The first-order valence-corrected chi connectivity index (χ1v) is 21.0. The highest BCUT2D eigenvalue weighted by molar-refractivity contribution is 6.40. The number of ether oxygens (including phenoxy) is 2. The van der Waals surface area contributed by atoms with Gasteiger partial charge in [0.25, 0.3) is 0 Å². The van der Waals surface area contributed by atoms with E-state index in [1.165, 1.54) is 54.9 Å². The lowest BCUT2D eigenvalue weighted by Gasteiger charge is -2.16. The number of pyridine rings is 2. The van der Waals surface area contributed by atoms with E-state index in [9.17, 15) is 53.5 Å². The summed E-state index contributed by atoms with van der Waals surface area (Å²) in [5.74, 6) is -9.03. The average molecular weight is 1040 g/mol. The predicted octanol–water partition coefficient (Wildman–Crippen LogP) is 11.6. The van der Waals surface area contributed by atoms with Crippen molar-refractivity contribution in [2.24, 2.45) is 10.7 Å². The molecule has 8 aromatic rings. The van der Waals surface area contributed by atoms with Gasteiger partial charge in [0, 0.05) is 18.1 Å². The number of benzene rings is 4. The summed E-state index contributed by atoms with van der Waals surface area (Å²) in [6, 6.07) is 32.5. The van der Waals surface area contributed by atoms with Crippen LogP contribution in [-0.4, -0.2) is 72.5 Å². The Balaban J connectivity index is 0.000000220. The number of aliphatic imine (C=N–C) groups is 1. The van der Waals surface area contributed by atoms with Gasteiger partial charge < -0.3 is 25.8 Å². The maximum absolute atomic E-state index is 14.9. The molecule has 0 aliphatic heterocycles. The molecule has 372 valence electrons. The van der Waals surface area contributed by atoms with Crippen LogP contribution >= 0.6 is 23.2 Å². The molecular formula is C45H34Cl2F10N10O4. The van der Waals surface area contributed by atoms with Gasteiger partial charge in [0.1, 0.15) is 11.5 Å². The van der Waals surface area contributed by atoms with Gasteiger partial charge in [0.15, 0.2) is 11.3 Å². The minimum absolute atomic E-state index is 0.129. The summed E-state index contributed by atoms with van der Waals surface area (Å²) in [6.07, 6.45) is -5.45. The van der Waals surface area contributed by atoms with Crippen LogP contribution in [0, 0.1) is 0 Å². The zero-order chi connectivity index (χ0) is 51.8. The number of isocyanates is 1. The van der Waals surface area contributed by atoms with Gasteiger partial charge in [-0.3, -0.25) is 8.80 Å². The quantitative estimate of drug-likeness (QED) is 0.0493. The van der Waals surface area contributed by atoms with Gasteiger partial charge >= 0.3 is 30.6 Å². The summed E-state index contributed by atoms with van der Waals surface area (Å²) >= 11 is 9.53. The number of nitrogens with zero attached hydrogens (tertiary/aromatic N) is 7. The molecule has 0 unspecified atom stereocenters. The number of anilines is 1. The van der Waals surface area contributed by atoms with E-state index in [0.29, 0.717) is 33.6 Å². The van der Waals surface area contributed by atoms with Crippen LogP contribution in [0.25, 0.3) is 33.5 Å². The Morgan fingerprint density at radius 2 is 1.00 bits per heavy atom. The molecule has 8 rings (SSSR count). The van der Waals surface area contributed by atoms with Gasteiger partial charge in [-0.25, -0.2) is 9.59 Å². The number of para-hydroxylation sites is 2. The first-order valence-electron chi connectivity index (χ1n) is 19.9. The number of rotatable bonds is 11. The number of amides is 2. The Morgan fingerprint density at radius 1 is 0.592 bits per heavy atom. The second-order valence-corrected chi connectivity index (χ2v) is 14.7. The molecule has 4 heterocycles. The monoisotopic (exact) mass is 1040 g/mol. The van der Waals surface area contributed by atoms with E-state index in [-0.39, 0.29) is 22.4 Å². The van der Waals surface area contributed by atoms with E-state index in [1.54, 1.807) is 54.6 Å². The summed E-state index contributed by atoms with van der Waals surface area (Å²) in [5.41, 5.74) is 8.36. The van der Waals surface area contributed by atoms with Gasteiger partial charge in [0.05, 0.1) is 24.1 Å². The number of halogens is 12. The number of carbonyl (C=O) groups excluding carboxylic acids is 2. The van der Waals surface area contributed by atoms with Crippen LogP contribution in [0.3, 0.4) is 0 Å². The molecule has 0 bridgehead atoms. The highest BCUT2D eigenvalue weighted by atomic mass is 35.5. The Morgan fingerprint density at radius 3 is 1.41 bits per heavy atom. The number of hydrogen-bond acceptors (Lipinski definition) is 10. The van der Waals surface area contributed by atoms with E-state index >= 15 is 0 Å². The van der Waals surface area contributed by atoms with E-state index in [0.717, 1.165) is 33.1 Å². The maximum atomic E-state index is 14.9. The zero-order valence-corrected chi connectivity index (χ0v) is 37.4. The largest absolute Gasteiger partial charge is 0.573 e. The molecule has 0 fully saturated rings. The fourth-order valence-corrected chi connectivity index (χ4v) is 5.93. The molecule has 0 saturated heterocycles. The van der Waals surface area contributed by atoms with E-state index in [1.807, 2.05) is 18.2 Å². The molecule has 71 heavy (non-hydrogen) atoms. The SMILES string of the molecule is ClCCl.NCC(F)(F)c1nnc2ccc(-c3ccc(OC(F)(F)F)cc3)cn12.O=C(NCC(F)(F)c1nnc2ccc(-c3ccc(OC(F)(F)F)cc3)cn12)Nc1ccccc1.O=C=Nc1ccccc1. The summed E-state index contributed by atoms with van der Waals surface area (Å²) in [6.45, 7) is -1.97. The Labute approximate surface area is 404 Å². The van der Waals surface area contributed by atoms with Gasteiger partial charge in [0.2, 0.25) is 17.7 Å². The molecule has 0 radical (unpaired) electrons. The van der Waals surface area contributed by atoms with Crippen LogP contribution in [-0.2, 0) is 16.6 Å². The van der Waals surface area contributed by atoms with Gasteiger partial charge in [-0.05, 0) is 95.1 Å². The van der Waals surface area contributed by atoms with Crippen molar-refractivity contribution in [1.29, 1.82) is 0 Å². The van der Waals surface area contributed by atoms with Crippen LogP contribution in [0.1, 0.15) is 11.6 Å². The number of aromatic nitrogens is 6. The standard InChI is InChI=1S/C22H16F5N5O2.C15H11F5N4O.C7H5NO.CH2Cl2/c23-21(24,13-28-20(33)29-16-4-2-1-3-5-16)19-31-30-18-11-8-15(12-32(18)19)14-6-9-17(10-7-14)34-22(25,26)27;16-14(17,8-21)13-23-22-12-6-3-10(7-24(12)13)9-1-4-11(5-2-9)25-15(18,19)20;9-6-8-7-4-2-1-3-5-7;2-1-3/h1-12H,13H2,(H2,28,29,33);1-7H,8,21H2;1-5H;1H2. The predicted molar refractivity (Wildman–Crippen MR) is 241 cm³/mol. The van der Waals surface area contributed by atoms with Crippen LogP contribution < -0.4 is 25.8 Å². The number of carbonyl (C=O) groups is 1. The van der Waals surface area contributed by atoms with Crippen molar-refractivity contribution in [3.8, 4) is 33.8 Å². The summed E-state index contributed by atoms with van der Waals surface area (Å²) in [7, 11) is 0. The molecule has 0 saturated carbocycles. The second kappa shape index (κ2) is 24.2. The van der Waals surface area contributed by atoms with Crippen molar-refractivity contribution in [3.63, 3.8) is 0 Å². The Hall–Kier alpha value is -7.79. The minimum atomic E-state index is -4.82. The molecule has 4 N–H and O–H groups in total. The molecule has 0 aliphatic carbocycles. The minimum Gasteiger partial charge on any atom is -0.406 e. The van der Waals surface area contributed by atoms with Crippen LogP contribution in [0.4, 0.5) is 60.1 Å². The molecule has 0 spiro atoms. The number of fused-ring (bicyclic) bond motifs is 2. The molecule has 26 heteroatoms. The highest BCUT2D eigenvalue weighted by Gasteiger charge is 2.38. The Kier molecular flexibility index (Phi) is 18.4. The van der Waals surface area contributed by atoms with Crippen molar-refractivity contribution in [1.82, 2.24) is 34.5 Å². The maximum Gasteiger partial charge on any atom is 0.573 e. The van der Waals surface area contributed by atoms with Gasteiger partial charge in [-0.2, -0.15) is 22.6 Å². The molecule has 14 nitrogen and oxygen atoms in total. The zero-order valence-electron chi connectivity index (χ0n) is 35.9.